The molecule has 6 nitrogen and oxygen atoms in total. The van der Waals surface area contributed by atoms with Gasteiger partial charge in [0.1, 0.15) is 17.8 Å². The van der Waals surface area contributed by atoms with Gasteiger partial charge in [-0.15, -0.1) is 0 Å². The quantitative estimate of drug-likeness (QED) is 0.276. The molecular formula is C20H16F3N4O2+. The van der Waals surface area contributed by atoms with Crippen LogP contribution >= 0.6 is 0 Å². The highest BCUT2D eigenvalue weighted by Crippen LogP contribution is 2.31. The molecule has 0 saturated carbocycles. The van der Waals surface area contributed by atoms with Gasteiger partial charge < -0.3 is 4.84 Å². The van der Waals surface area contributed by atoms with Crippen LogP contribution in [0.4, 0.5) is 13.2 Å². The Bertz CT molecular complexity index is 1150. The molecule has 0 radical (unpaired) electrons. The van der Waals surface area contributed by atoms with Crippen LogP contribution in [0.5, 0.6) is 0 Å². The molecule has 0 N–H and O–H groups in total. The molecule has 0 aliphatic heterocycles. The molecule has 0 saturated heterocycles. The highest BCUT2D eigenvalue weighted by molar-refractivity contribution is 5.63. The summed E-state index contributed by atoms with van der Waals surface area (Å²) in [6.45, 7) is 0.242. The van der Waals surface area contributed by atoms with Crippen molar-refractivity contribution < 1.29 is 22.4 Å². The van der Waals surface area contributed by atoms with Crippen molar-refractivity contribution in [1.82, 2.24) is 4.57 Å². The Hall–Kier alpha value is -3.67. The van der Waals surface area contributed by atoms with E-state index in [-0.39, 0.29) is 17.7 Å². The van der Waals surface area contributed by atoms with E-state index in [1.165, 1.54) is 28.9 Å². The van der Waals surface area contributed by atoms with Crippen molar-refractivity contribution in [2.24, 2.45) is 5.16 Å². The van der Waals surface area contributed by atoms with Crippen LogP contribution in [-0.4, -0.2) is 17.4 Å². The molecule has 0 spiro atoms. The van der Waals surface area contributed by atoms with Crippen molar-refractivity contribution in [2.75, 3.05) is 6.61 Å². The first kappa shape index (κ1) is 20.1. The van der Waals surface area contributed by atoms with Gasteiger partial charge in [0.2, 0.25) is 6.61 Å². The minimum absolute atomic E-state index is 0.150. The maximum atomic E-state index is 13.1. The maximum absolute atomic E-state index is 13.1. The minimum Gasteiger partial charge on any atom is -0.381 e. The standard InChI is InChI=1S/C20H16F3N4O2/c21-20(22,23)16-6-3-5-15(13-16)17-14-26(10-4-9-25-29-12-8-24)18-7-1-2-11-27(18)19(17)28/h1-3,5-7,9,11,13-14H,4,10,12H2/q+1/b25-9-. The molecule has 3 rings (SSSR count). The number of alkyl halides is 3. The van der Waals surface area contributed by atoms with Crippen molar-refractivity contribution in [3.05, 3.63) is 70.8 Å². The molecule has 9 heteroatoms. The van der Waals surface area contributed by atoms with E-state index in [4.69, 9.17) is 10.1 Å². The molecule has 0 fully saturated rings. The van der Waals surface area contributed by atoms with Gasteiger partial charge >= 0.3 is 11.7 Å². The van der Waals surface area contributed by atoms with Gasteiger partial charge in [0, 0.05) is 18.7 Å². The second-order valence-corrected chi connectivity index (χ2v) is 6.06. The maximum Gasteiger partial charge on any atom is 0.416 e. The lowest BCUT2D eigenvalue weighted by Gasteiger charge is -2.09. The van der Waals surface area contributed by atoms with E-state index in [1.54, 1.807) is 35.0 Å². The molecule has 0 unspecified atom stereocenters. The summed E-state index contributed by atoms with van der Waals surface area (Å²) in [5.74, 6) is 0. The van der Waals surface area contributed by atoms with Gasteiger partial charge in [-0.05, 0) is 23.8 Å². The van der Waals surface area contributed by atoms with Crippen molar-refractivity contribution in [2.45, 2.75) is 19.1 Å². The molecule has 2 heterocycles. The van der Waals surface area contributed by atoms with Gasteiger partial charge in [0.05, 0.1) is 18.3 Å². The smallest absolute Gasteiger partial charge is 0.381 e. The molecule has 0 aliphatic rings. The Balaban J connectivity index is 2.03. The van der Waals surface area contributed by atoms with Crippen LogP contribution in [0.2, 0.25) is 0 Å². The number of fused-ring (bicyclic) bond motifs is 1. The van der Waals surface area contributed by atoms with E-state index in [2.05, 4.69) is 5.16 Å². The molecular weight excluding hydrogens is 385 g/mol. The van der Waals surface area contributed by atoms with Crippen molar-refractivity contribution in [1.29, 1.82) is 5.26 Å². The van der Waals surface area contributed by atoms with Gasteiger partial charge in [-0.1, -0.05) is 23.4 Å². The Morgan fingerprint density at radius 3 is 2.83 bits per heavy atom. The first-order valence-electron chi connectivity index (χ1n) is 8.64. The summed E-state index contributed by atoms with van der Waals surface area (Å²) in [4.78, 5) is 17.6. The SMILES string of the molecule is N#CCO/N=C\CCn1cc(-c2cccc(C(F)(F)F)c2)c(=O)[n+]2ccccc12. The fourth-order valence-corrected chi connectivity index (χ4v) is 2.86. The summed E-state index contributed by atoms with van der Waals surface area (Å²) >= 11 is 0. The van der Waals surface area contributed by atoms with Crippen LogP contribution < -0.4 is 9.96 Å². The van der Waals surface area contributed by atoms with E-state index in [0.717, 1.165) is 12.1 Å². The number of pyridine rings is 1. The normalized spacial score (nSPS) is 11.7. The Labute approximate surface area is 163 Å². The minimum atomic E-state index is -4.50. The third kappa shape index (κ3) is 4.60. The molecule has 29 heavy (non-hydrogen) atoms. The van der Waals surface area contributed by atoms with Gasteiger partial charge in [-0.25, -0.2) is 9.36 Å². The first-order valence-corrected chi connectivity index (χ1v) is 8.64. The van der Waals surface area contributed by atoms with E-state index in [1.807, 2.05) is 0 Å². The predicted molar refractivity (Wildman–Crippen MR) is 99.0 cm³/mol. The summed E-state index contributed by atoms with van der Waals surface area (Å²) in [6.07, 6.45) is 0.519. The van der Waals surface area contributed by atoms with Gasteiger partial charge in [-0.2, -0.15) is 22.8 Å². The largest absolute Gasteiger partial charge is 0.416 e. The lowest BCUT2D eigenvalue weighted by Crippen LogP contribution is -2.43. The monoisotopic (exact) mass is 401 g/mol. The van der Waals surface area contributed by atoms with Crippen molar-refractivity contribution in [3.8, 4) is 17.2 Å². The zero-order chi connectivity index (χ0) is 20.9. The first-order chi connectivity index (χ1) is 13.9. The number of oxime groups is 1. The number of rotatable bonds is 6. The molecule has 0 bridgehead atoms. The molecule has 1 aromatic carbocycles. The molecule has 0 amide bonds. The highest BCUT2D eigenvalue weighted by Gasteiger charge is 2.31. The zero-order valence-corrected chi connectivity index (χ0v) is 15.1. The number of benzene rings is 1. The lowest BCUT2D eigenvalue weighted by atomic mass is 10.1. The fraction of sp³-hybridized carbons (Fsp3) is 0.200. The van der Waals surface area contributed by atoms with Gasteiger partial charge in [-0.3, -0.25) is 0 Å². The third-order valence-electron chi connectivity index (χ3n) is 4.14. The summed E-state index contributed by atoms with van der Waals surface area (Å²) in [6, 6.07) is 11.6. The van der Waals surface area contributed by atoms with Crippen LogP contribution in [0.25, 0.3) is 16.8 Å². The summed E-state index contributed by atoms with van der Waals surface area (Å²) in [7, 11) is 0. The average Bonchev–Trinajstić information content (AvgIpc) is 2.71. The number of halogens is 3. The number of hydrogen-bond acceptors (Lipinski definition) is 4. The second-order valence-electron chi connectivity index (χ2n) is 6.06. The number of aromatic nitrogens is 2. The molecule has 0 aliphatic carbocycles. The van der Waals surface area contributed by atoms with Gasteiger partial charge in [0.25, 0.3) is 5.65 Å². The second kappa shape index (κ2) is 8.56. The lowest BCUT2D eigenvalue weighted by molar-refractivity contribution is -0.531. The number of nitrogens with zero attached hydrogens (tertiary/aromatic N) is 4. The molecule has 3 aromatic rings. The molecule has 2 aromatic heterocycles. The average molecular weight is 401 g/mol. The Morgan fingerprint density at radius 2 is 2.07 bits per heavy atom. The van der Waals surface area contributed by atoms with E-state index < -0.39 is 17.3 Å². The summed E-state index contributed by atoms with van der Waals surface area (Å²) < 4.78 is 42.4. The predicted octanol–water partition coefficient (Wildman–Crippen LogP) is 3.19. The Morgan fingerprint density at radius 1 is 1.24 bits per heavy atom. The Kier molecular flexibility index (Phi) is 5.93. The highest BCUT2D eigenvalue weighted by atomic mass is 19.4. The van der Waals surface area contributed by atoms with Crippen LogP contribution in [0.3, 0.4) is 0 Å². The van der Waals surface area contributed by atoms with Crippen LogP contribution in [-0.2, 0) is 17.6 Å². The van der Waals surface area contributed by atoms with Crippen molar-refractivity contribution >= 4 is 11.9 Å². The summed E-state index contributed by atoms with van der Waals surface area (Å²) in [5, 5.41) is 12.0. The molecule has 0 atom stereocenters. The topological polar surface area (TPSA) is 71.5 Å². The van der Waals surface area contributed by atoms with Crippen LogP contribution in [0, 0.1) is 11.3 Å². The number of nitriles is 1. The number of hydrogen-bond donors (Lipinski definition) is 0. The van der Waals surface area contributed by atoms with Gasteiger partial charge in [0.15, 0.2) is 0 Å². The van der Waals surface area contributed by atoms with Crippen molar-refractivity contribution in [3.63, 3.8) is 0 Å². The molecule has 148 valence electrons. The van der Waals surface area contributed by atoms with Crippen LogP contribution in [0.15, 0.2) is 64.8 Å². The van der Waals surface area contributed by atoms with E-state index >= 15 is 0 Å². The van der Waals surface area contributed by atoms with Crippen LogP contribution in [0.1, 0.15) is 12.0 Å². The third-order valence-corrected chi connectivity index (χ3v) is 4.14. The fourth-order valence-electron chi connectivity index (χ4n) is 2.86. The number of aryl methyl sites for hydroxylation is 1. The summed E-state index contributed by atoms with van der Waals surface area (Å²) in [5.41, 5.74) is -0.317. The zero-order valence-electron chi connectivity index (χ0n) is 15.1. The van der Waals surface area contributed by atoms with E-state index in [0.29, 0.717) is 18.6 Å². The van der Waals surface area contributed by atoms with E-state index in [9.17, 15) is 18.0 Å².